The van der Waals surface area contributed by atoms with Crippen LogP contribution in [0.1, 0.15) is 47.1 Å². The van der Waals surface area contributed by atoms with Crippen molar-refractivity contribution in [2.45, 2.75) is 84.1 Å². The van der Waals surface area contributed by atoms with Crippen molar-refractivity contribution in [1.29, 1.82) is 0 Å². The van der Waals surface area contributed by atoms with Crippen LogP contribution in [0.25, 0.3) is 0 Å². The lowest BCUT2D eigenvalue weighted by atomic mass is 9.93. The van der Waals surface area contributed by atoms with Gasteiger partial charge in [-0.25, -0.2) is 4.79 Å². The minimum absolute atomic E-state index is 0.000220. The molecule has 1 N–H and O–H groups in total. The molecule has 1 aromatic rings. The predicted molar refractivity (Wildman–Crippen MR) is 125 cm³/mol. The SMILES string of the molecule is CC(C)(C)OC(=O)N1C[C@H](COCc2ccccc2)[C@@H](O)[C@H](O[Si](C)(C)C(C)(C)C)C1. The van der Waals surface area contributed by atoms with E-state index in [1.165, 1.54) is 0 Å². The predicted octanol–water partition coefficient (Wildman–Crippen LogP) is 4.82. The fourth-order valence-electron chi connectivity index (χ4n) is 3.29. The van der Waals surface area contributed by atoms with Gasteiger partial charge in [-0.2, -0.15) is 0 Å². The van der Waals surface area contributed by atoms with Crippen molar-refractivity contribution in [3.8, 4) is 0 Å². The quantitative estimate of drug-likeness (QED) is 0.628. The third kappa shape index (κ3) is 7.59. The number of ether oxygens (including phenoxy) is 2. The molecule has 1 aromatic carbocycles. The van der Waals surface area contributed by atoms with E-state index in [-0.39, 0.29) is 17.0 Å². The number of aliphatic hydroxyl groups is 1. The van der Waals surface area contributed by atoms with Crippen molar-refractivity contribution in [3.05, 3.63) is 35.9 Å². The Balaban J connectivity index is 2.13. The first-order valence-corrected chi connectivity index (χ1v) is 14.1. The third-order valence-electron chi connectivity index (χ3n) is 6.07. The van der Waals surface area contributed by atoms with Crippen LogP contribution in [0.15, 0.2) is 30.3 Å². The van der Waals surface area contributed by atoms with Crippen LogP contribution in [0, 0.1) is 5.92 Å². The lowest BCUT2D eigenvalue weighted by molar-refractivity contribution is -0.0914. The van der Waals surface area contributed by atoms with E-state index in [1.54, 1.807) is 4.90 Å². The lowest BCUT2D eigenvalue weighted by Gasteiger charge is -2.46. The van der Waals surface area contributed by atoms with Gasteiger partial charge >= 0.3 is 6.09 Å². The number of rotatable bonds is 6. The molecule has 0 bridgehead atoms. The molecule has 0 spiro atoms. The van der Waals surface area contributed by atoms with Crippen molar-refractivity contribution in [1.82, 2.24) is 4.90 Å². The highest BCUT2D eigenvalue weighted by Crippen LogP contribution is 2.38. The Morgan fingerprint density at radius 3 is 2.26 bits per heavy atom. The Morgan fingerprint density at radius 1 is 1.10 bits per heavy atom. The number of amides is 1. The average molecular weight is 452 g/mol. The van der Waals surface area contributed by atoms with E-state index < -0.39 is 26.1 Å². The molecule has 0 radical (unpaired) electrons. The van der Waals surface area contributed by atoms with Crippen LogP contribution in [0.4, 0.5) is 4.79 Å². The number of hydrogen-bond acceptors (Lipinski definition) is 5. The van der Waals surface area contributed by atoms with E-state index in [0.29, 0.717) is 26.3 Å². The zero-order valence-electron chi connectivity index (χ0n) is 20.5. The summed E-state index contributed by atoms with van der Waals surface area (Å²) in [5.41, 5.74) is 0.494. The molecule has 7 heteroatoms. The van der Waals surface area contributed by atoms with Gasteiger partial charge in [0.25, 0.3) is 0 Å². The Kier molecular flexibility index (Phi) is 8.36. The molecule has 0 aromatic heterocycles. The molecule has 176 valence electrons. The Labute approximate surface area is 189 Å². The third-order valence-corrected chi connectivity index (χ3v) is 10.6. The van der Waals surface area contributed by atoms with Crippen LogP contribution in [0.2, 0.25) is 18.1 Å². The minimum atomic E-state index is -2.14. The highest BCUT2D eigenvalue weighted by atomic mass is 28.4. The van der Waals surface area contributed by atoms with Gasteiger partial charge in [0.1, 0.15) is 5.60 Å². The Morgan fingerprint density at radius 2 is 1.71 bits per heavy atom. The smallest absolute Gasteiger partial charge is 0.410 e. The van der Waals surface area contributed by atoms with Crippen molar-refractivity contribution < 1.29 is 23.8 Å². The molecule has 1 aliphatic rings. The molecule has 6 nitrogen and oxygen atoms in total. The first-order chi connectivity index (χ1) is 14.2. The summed E-state index contributed by atoms with van der Waals surface area (Å²) in [5.74, 6) is -0.250. The number of benzene rings is 1. The molecule has 1 aliphatic heterocycles. The zero-order chi connectivity index (χ0) is 23.4. The lowest BCUT2D eigenvalue weighted by Crippen LogP contribution is -2.60. The summed E-state index contributed by atoms with van der Waals surface area (Å²) in [5, 5.41) is 11.1. The molecule has 2 rings (SSSR count). The van der Waals surface area contributed by atoms with Gasteiger partial charge < -0.3 is 23.9 Å². The van der Waals surface area contributed by atoms with Gasteiger partial charge in [0.05, 0.1) is 32.0 Å². The van der Waals surface area contributed by atoms with Crippen molar-refractivity contribution in [3.63, 3.8) is 0 Å². The maximum Gasteiger partial charge on any atom is 0.410 e. The van der Waals surface area contributed by atoms with E-state index >= 15 is 0 Å². The molecular formula is C24H41NO5Si. The van der Waals surface area contributed by atoms with E-state index in [4.69, 9.17) is 13.9 Å². The molecule has 0 unspecified atom stereocenters. The van der Waals surface area contributed by atoms with Gasteiger partial charge in [-0.15, -0.1) is 0 Å². The zero-order valence-corrected chi connectivity index (χ0v) is 21.5. The average Bonchev–Trinajstić information content (AvgIpc) is 2.63. The highest BCUT2D eigenvalue weighted by molar-refractivity contribution is 6.74. The van der Waals surface area contributed by atoms with Crippen LogP contribution in [0.5, 0.6) is 0 Å². The first-order valence-electron chi connectivity index (χ1n) is 11.1. The standard InChI is InChI=1S/C24H41NO5Si/c1-23(2,3)29-22(27)25-14-19(17-28-16-18-12-10-9-11-13-18)21(26)20(15-25)30-31(7,8)24(4,5)6/h9-13,19-21,26H,14-17H2,1-8H3/t19-,20-,21-/m1/s1. The van der Waals surface area contributed by atoms with Crippen LogP contribution in [0.3, 0.4) is 0 Å². The number of likely N-dealkylation sites (tertiary alicyclic amines) is 1. The molecular weight excluding hydrogens is 410 g/mol. The summed E-state index contributed by atoms with van der Waals surface area (Å²) in [7, 11) is -2.14. The van der Waals surface area contributed by atoms with Crippen LogP contribution in [-0.4, -0.2) is 61.9 Å². The van der Waals surface area contributed by atoms with Crippen LogP contribution < -0.4 is 0 Å². The van der Waals surface area contributed by atoms with Gasteiger partial charge in [0.2, 0.25) is 0 Å². The number of carbonyl (C=O) groups is 1. The molecule has 1 heterocycles. The Bertz CT molecular complexity index is 711. The summed E-state index contributed by atoms with van der Waals surface area (Å²) < 4.78 is 18.1. The number of piperidine rings is 1. The fraction of sp³-hybridized carbons (Fsp3) is 0.708. The number of nitrogens with zero attached hydrogens (tertiary/aromatic N) is 1. The summed E-state index contributed by atoms with van der Waals surface area (Å²) in [6.45, 7) is 17.9. The monoisotopic (exact) mass is 451 g/mol. The van der Waals surface area contributed by atoms with E-state index in [2.05, 4.69) is 33.9 Å². The topological polar surface area (TPSA) is 68.2 Å². The normalized spacial score (nSPS) is 23.0. The molecule has 1 saturated heterocycles. The van der Waals surface area contributed by atoms with Gasteiger partial charge in [-0.05, 0) is 44.5 Å². The van der Waals surface area contributed by atoms with Gasteiger partial charge in [0.15, 0.2) is 8.32 Å². The summed E-state index contributed by atoms with van der Waals surface area (Å²) in [6.07, 6.45) is -1.55. The van der Waals surface area contributed by atoms with Crippen molar-refractivity contribution in [2.24, 2.45) is 5.92 Å². The van der Waals surface area contributed by atoms with Crippen LogP contribution >= 0.6 is 0 Å². The van der Waals surface area contributed by atoms with Gasteiger partial charge in [-0.3, -0.25) is 0 Å². The Hall–Kier alpha value is -1.41. The second kappa shape index (κ2) is 10.0. The molecule has 1 amide bonds. The van der Waals surface area contributed by atoms with Crippen molar-refractivity contribution >= 4 is 14.4 Å². The maximum absolute atomic E-state index is 12.8. The first kappa shape index (κ1) is 25.8. The highest BCUT2D eigenvalue weighted by Gasteiger charge is 2.45. The minimum Gasteiger partial charge on any atom is -0.444 e. The second-order valence-electron chi connectivity index (χ2n) is 11.1. The summed E-state index contributed by atoms with van der Waals surface area (Å²) in [4.78, 5) is 14.5. The number of aliphatic hydroxyl groups excluding tert-OH is 1. The van der Waals surface area contributed by atoms with Crippen LogP contribution in [-0.2, 0) is 20.5 Å². The van der Waals surface area contributed by atoms with E-state index in [1.807, 2.05) is 51.1 Å². The van der Waals surface area contributed by atoms with E-state index in [9.17, 15) is 9.90 Å². The van der Waals surface area contributed by atoms with Gasteiger partial charge in [0, 0.05) is 12.5 Å². The fourth-order valence-corrected chi connectivity index (χ4v) is 4.61. The van der Waals surface area contributed by atoms with E-state index in [0.717, 1.165) is 5.56 Å². The molecule has 1 fully saturated rings. The second-order valence-corrected chi connectivity index (χ2v) is 15.8. The molecule has 0 saturated carbocycles. The number of carbonyl (C=O) groups excluding carboxylic acids is 1. The summed E-state index contributed by atoms with van der Waals surface area (Å²) in [6, 6.07) is 9.93. The molecule has 0 aliphatic carbocycles. The number of hydrogen-bond donors (Lipinski definition) is 1. The van der Waals surface area contributed by atoms with Gasteiger partial charge in [-0.1, -0.05) is 51.1 Å². The summed E-state index contributed by atoms with van der Waals surface area (Å²) >= 11 is 0. The van der Waals surface area contributed by atoms with Crippen molar-refractivity contribution in [2.75, 3.05) is 19.7 Å². The maximum atomic E-state index is 12.8. The molecule has 3 atom stereocenters. The largest absolute Gasteiger partial charge is 0.444 e. The molecule has 31 heavy (non-hydrogen) atoms.